The van der Waals surface area contributed by atoms with E-state index in [1.807, 2.05) is 0 Å². The fourth-order valence-electron chi connectivity index (χ4n) is 5.11. The highest BCUT2D eigenvalue weighted by Gasteiger charge is 2.21. The first-order valence-corrected chi connectivity index (χ1v) is 14.6. The van der Waals surface area contributed by atoms with Gasteiger partial charge in [0.25, 0.3) is 5.56 Å². The summed E-state index contributed by atoms with van der Waals surface area (Å²) in [6.45, 7) is 8.15. The monoisotopic (exact) mass is 530 g/mol. The first kappa shape index (κ1) is 24.5. The number of aromatic nitrogens is 5. The number of nitrogens with one attached hydrogen (secondary N) is 1. The molecule has 11 heteroatoms. The predicted molar refractivity (Wildman–Crippen MR) is 150 cm³/mol. The van der Waals surface area contributed by atoms with E-state index in [2.05, 4.69) is 57.2 Å². The van der Waals surface area contributed by atoms with Crippen LogP contribution in [0.25, 0.3) is 16.9 Å². The van der Waals surface area contributed by atoms with Gasteiger partial charge in [-0.05, 0) is 67.8 Å². The molecule has 196 valence electrons. The summed E-state index contributed by atoms with van der Waals surface area (Å²) in [5, 5.41) is 3.71. The Morgan fingerprint density at radius 2 is 2.08 bits per heavy atom. The number of rotatable bonds is 6. The Labute approximate surface area is 221 Å². The Hall–Kier alpha value is -3.83. The van der Waals surface area contributed by atoms with Gasteiger partial charge in [0.1, 0.15) is 5.39 Å². The van der Waals surface area contributed by atoms with Crippen LogP contribution in [0.1, 0.15) is 23.1 Å². The number of hydrogen-bond donors (Lipinski definition) is 1. The molecule has 0 spiro atoms. The molecule has 0 saturated carbocycles. The molecule has 1 N–H and O–H groups in total. The van der Waals surface area contributed by atoms with Gasteiger partial charge in [-0.3, -0.25) is 4.79 Å². The van der Waals surface area contributed by atoms with Crippen LogP contribution in [0.3, 0.4) is 0 Å². The van der Waals surface area contributed by atoms with Crippen molar-refractivity contribution in [2.45, 2.75) is 32.9 Å². The lowest BCUT2D eigenvalue weighted by Gasteiger charge is -2.27. The number of anilines is 2. The molecule has 2 aliphatic heterocycles. The summed E-state index contributed by atoms with van der Waals surface area (Å²) >= 11 is 0. The van der Waals surface area contributed by atoms with Crippen molar-refractivity contribution in [1.82, 2.24) is 29.2 Å². The molecule has 2 aliphatic rings. The number of fused-ring (bicyclic) bond motifs is 2. The second-order valence-corrected chi connectivity index (χ2v) is 12.5. The van der Waals surface area contributed by atoms with Crippen molar-refractivity contribution >= 4 is 38.2 Å². The molecular weight excluding hydrogens is 500 g/mol. The van der Waals surface area contributed by atoms with Crippen LogP contribution in [-0.2, 0) is 29.2 Å². The molecule has 0 radical (unpaired) electrons. The topological polar surface area (TPSA) is 110 Å². The van der Waals surface area contributed by atoms with Crippen molar-refractivity contribution in [2.75, 3.05) is 30.4 Å². The molecule has 6 rings (SSSR count). The van der Waals surface area contributed by atoms with E-state index < -0.39 is 9.73 Å². The lowest BCUT2D eigenvalue weighted by Crippen LogP contribution is -2.27. The number of pyridine rings is 1. The molecule has 1 fully saturated rings. The average Bonchev–Trinajstić information content (AvgIpc) is 3.14. The summed E-state index contributed by atoms with van der Waals surface area (Å²) < 4.78 is 20.3. The van der Waals surface area contributed by atoms with Crippen molar-refractivity contribution in [2.24, 2.45) is 4.36 Å². The molecule has 38 heavy (non-hydrogen) atoms. The van der Waals surface area contributed by atoms with Gasteiger partial charge in [0.2, 0.25) is 5.95 Å². The van der Waals surface area contributed by atoms with Crippen LogP contribution in [0.5, 0.6) is 0 Å². The van der Waals surface area contributed by atoms with Crippen molar-refractivity contribution in [1.29, 1.82) is 0 Å². The van der Waals surface area contributed by atoms with Crippen LogP contribution in [-0.4, -0.2) is 58.5 Å². The number of benzene rings is 1. The van der Waals surface area contributed by atoms with E-state index in [1.54, 1.807) is 35.2 Å². The molecule has 0 unspecified atom stereocenters. The summed E-state index contributed by atoms with van der Waals surface area (Å²) in [6, 6.07) is 9.57. The molecule has 5 heterocycles. The molecular formula is C27H30N8O2S. The maximum atomic E-state index is 13.3. The van der Waals surface area contributed by atoms with Gasteiger partial charge in [0.15, 0.2) is 17.3 Å². The van der Waals surface area contributed by atoms with Crippen molar-refractivity contribution in [3.63, 3.8) is 0 Å². The third kappa shape index (κ3) is 4.41. The van der Waals surface area contributed by atoms with Crippen LogP contribution in [0.4, 0.5) is 17.5 Å². The van der Waals surface area contributed by atoms with Gasteiger partial charge in [-0.2, -0.15) is 9.35 Å². The minimum absolute atomic E-state index is 0.242. The Morgan fingerprint density at radius 1 is 1.24 bits per heavy atom. The van der Waals surface area contributed by atoms with Crippen LogP contribution in [0.15, 0.2) is 58.3 Å². The van der Waals surface area contributed by atoms with Crippen LogP contribution < -0.4 is 10.9 Å². The fourth-order valence-corrected chi connectivity index (χ4v) is 6.51. The Morgan fingerprint density at radius 3 is 2.84 bits per heavy atom. The quantitative estimate of drug-likeness (QED) is 0.379. The molecule has 10 nitrogen and oxygen atoms in total. The third-order valence-electron chi connectivity index (χ3n) is 7.11. The lowest BCUT2D eigenvalue weighted by molar-refractivity contribution is 0.312. The van der Waals surface area contributed by atoms with Crippen molar-refractivity contribution in [3.05, 3.63) is 76.2 Å². The van der Waals surface area contributed by atoms with Crippen molar-refractivity contribution < 1.29 is 4.21 Å². The Bertz CT molecular complexity index is 1750. The predicted octanol–water partition coefficient (Wildman–Crippen LogP) is 3.71. The molecule has 0 bridgehead atoms. The number of aryl methyl sites for hydroxylation is 1. The highest BCUT2D eigenvalue weighted by Crippen LogP contribution is 2.28. The van der Waals surface area contributed by atoms with E-state index in [1.165, 1.54) is 21.4 Å². The smallest absolute Gasteiger partial charge is 0.278 e. The van der Waals surface area contributed by atoms with E-state index in [0.717, 1.165) is 31.6 Å². The summed E-state index contributed by atoms with van der Waals surface area (Å²) in [5.74, 6) is 2.40. The second-order valence-electron chi connectivity index (χ2n) is 9.94. The molecule has 0 aliphatic carbocycles. The summed E-state index contributed by atoms with van der Waals surface area (Å²) in [5.41, 5.74) is 5.02. The van der Waals surface area contributed by atoms with Crippen LogP contribution in [0.2, 0.25) is 0 Å². The number of hydrogen-bond acceptors (Lipinski definition) is 8. The molecule has 0 atom stereocenters. The minimum Gasteiger partial charge on any atom is -0.324 e. The first-order valence-electron chi connectivity index (χ1n) is 12.7. The van der Waals surface area contributed by atoms with Crippen LogP contribution >= 0.6 is 0 Å². The molecule has 0 amide bonds. The number of likely N-dealkylation sites (N-methyl/N-ethyl adjacent to an activating group) is 1. The SMILES string of the molecule is C=CCn1c(=O)c2cnc(Nc3cc(C)c4c(c3)CN(C)CC4)nc2n1-c1cccc(N=S2(=O)CCC2)n1. The van der Waals surface area contributed by atoms with Gasteiger partial charge in [-0.15, -0.1) is 6.58 Å². The largest absolute Gasteiger partial charge is 0.324 e. The summed E-state index contributed by atoms with van der Waals surface area (Å²) in [7, 11) is -0.0955. The molecule has 4 aromatic rings. The van der Waals surface area contributed by atoms with E-state index in [-0.39, 0.29) is 12.1 Å². The van der Waals surface area contributed by atoms with E-state index in [4.69, 9.17) is 4.98 Å². The number of nitrogens with zero attached hydrogens (tertiary/aromatic N) is 7. The maximum absolute atomic E-state index is 13.3. The average molecular weight is 531 g/mol. The van der Waals surface area contributed by atoms with Gasteiger partial charge in [-0.1, -0.05) is 12.1 Å². The zero-order chi connectivity index (χ0) is 26.4. The zero-order valence-corrected chi connectivity index (χ0v) is 22.4. The standard InChI is InChI=1S/C27H30N8O2S/c1-4-10-34-26(36)22-16-28-27(29-20-14-18(2)21-9-11-33(3)17-19(21)15-20)31-25(22)35(34)24-8-5-7-23(30-24)32-38(37)12-6-13-38/h4-5,7-8,14-16H,1,6,9-13,17H2,2-3H3,(H,28,29,31). The maximum Gasteiger partial charge on any atom is 0.278 e. The Balaban J connectivity index is 1.44. The highest BCUT2D eigenvalue weighted by molar-refractivity contribution is 7.95. The lowest BCUT2D eigenvalue weighted by atomic mass is 9.94. The third-order valence-corrected chi connectivity index (χ3v) is 9.48. The normalized spacial score (nSPS) is 16.6. The van der Waals surface area contributed by atoms with Gasteiger partial charge in [0.05, 0.1) is 16.3 Å². The Kier molecular flexibility index (Phi) is 6.11. The summed E-state index contributed by atoms with van der Waals surface area (Å²) in [6.07, 6.45) is 5.14. The molecule has 3 aromatic heterocycles. The zero-order valence-electron chi connectivity index (χ0n) is 21.6. The van der Waals surface area contributed by atoms with Crippen molar-refractivity contribution in [3.8, 4) is 5.82 Å². The van der Waals surface area contributed by atoms with Gasteiger partial charge in [-0.25, -0.2) is 23.5 Å². The van der Waals surface area contributed by atoms with E-state index >= 15 is 0 Å². The molecule has 1 aromatic carbocycles. The summed E-state index contributed by atoms with van der Waals surface area (Å²) in [4.78, 5) is 29.4. The van der Waals surface area contributed by atoms with Gasteiger partial charge in [0, 0.05) is 36.5 Å². The minimum atomic E-state index is -2.22. The fraction of sp³-hybridized carbons (Fsp3) is 0.333. The van der Waals surface area contributed by atoms with Gasteiger partial charge < -0.3 is 10.2 Å². The van der Waals surface area contributed by atoms with E-state index in [0.29, 0.717) is 40.1 Å². The number of allylic oxidation sites excluding steroid dienone is 1. The second kappa shape index (κ2) is 9.48. The molecule has 1 saturated heterocycles. The van der Waals surface area contributed by atoms with E-state index in [9.17, 15) is 9.00 Å². The van der Waals surface area contributed by atoms with Crippen LogP contribution in [0, 0.1) is 6.92 Å². The highest BCUT2D eigenvalue weighted by atomic mass is 32.2. The van der Waals surface area contributed by atoms with Gasteiger partial charge >= 0.3 is 0 Å². The first-order chi connectivity index (χ1) is 18.3.